The number of carbonyl (C=O) groups is 2. The molecule has 1 aromatic rings. The fourth-order valence-corrected chi connectivity index (χ4v) is 0.816. The summed E-state index contributed by atoms with van der Waals surface area (Å²) in [6.07, 6.45) is 0.723. The Bertz CT molecular complexity index is 289. The average molecular weight is 224 g/mol. The highest BCUT2D eigenvalue weighted by molar-refractivity contribution is 5.90. The van der Waals surface area contributed by atoms with Crippen LogP contribution in [0.2, 0.25) is 0 Å². The lowest BCUT2D eigenvalue weighted by atomic mass is 10.1. The zero-order chi connectivity index (χ0) is 13.0. The van der Waals surface area contributed by atoms with Crippen LogP contribution in [0, 0.1) is 0 Å². The molecule has 3 heteroatoms. The Kier molecular flexibility index (Phi) is 12.0. The summed E-state index contributed by atoms with van der Waals surface area (Å²) in [5.74, 6) is -0.396. The van der Waals surface area contributed by atoms with Crippen molar-refractivity contribution in [1.29, 1.82) is 0 Å². The molecule has 0 heterocycles. The topological polar surface area (TPSA) is 43.4 Å². The van der Waals surface area contributed by atoms with Gasteiger partial charge in [0.25, 0.3) is 0 Å². The number of methoxy groups -OCH3 is 1. The molecule has 0 bridgehead atoms. The standard InChI is InChI=1S/C9H8O3.2C2H6/c1-12-9(11)8-4-2-7(6-10)3-5-8;2*1-2/h2-6H,1H3;2*1-2H3. The lowest BCUT2D eigenvalue weighted by molar-refractivity contribution is 0.0600. The Morgan fingerprint density at radius 1 is 1.06 bits per heavy atom. The Morgan fingerprint density at radius 2 is 1.50 bits per heavy atom. The summed E-state index contributed by atoms with van der Waals surface area (Å²) >= 11 is 0. The quantitative estimate of drug-likeness (QED) is 0.571. The third-order valence-corrected chi connectivity index (χ3v) is 1.47. The fourth-order valence-electron chi connectivity index (χ4n) is 0.816. The van der Waals surface area contributed by atoms with Crippen LogP contribution in [0.3, 0.4) is 0 Å². The molecule has 0 spiro atoms. The van der Waals surface area contributed by atoms with E-state index in [-0.39, 0.29) is 0 Å². The second-order valence-electron chi connectivity index (χ2n) is 2.23. The summed E-state index contributed by atoms with van der Waals surface area (Å²) < 4.78 is 4.48. The van der Waals surface area contributed by atoms with E-state index in [0.717, 1.165) is 6.29 Å². The number of ether oxygens (including phenoxy) is 1. The maximum absolute atomic E-state index is 10.9. The highest BCUT2D eigenvalue weighted by atomic mass is 16.5. The van der Waals surface area contributed by atoms with Crippen LogP contribution in [-0.4, -0.2) is 19.4 Å². The first kappa shape index (κ1) is 16.8. The van der Waals surface area contributed by atoms with Gasteiger partial charge in [0.15, 0.2) is 0 Å². The lowest BCUT2D eigenvalue weighted by Gasteiger charge is -1.97. The van der Waals surface area contributed by atoms with Gasteiger partial charge >= 0.3 is 5.97 Å². The third-order valence-electron chi connectivity index (χ3n) is 1.47. The van der Waals surface area contributed by atoms with Crippen molar-refractivity contribution in [3.05, 3.63) is 35.4 Å². The summed E-state index contributed by atoms with van der Waals surface area (Å²) in [5.41, 5.74) is 0.991. The van der Waals surface area contributed by atoms with Crippen LogP contribution in [0.1, 0.15) is 48.4 Å². The van der Waals surface area contributed by atoms with Gasteiger partial charge in [0.05, 0.1) is 12.7 Å². The van der Waals surface area contributed by atoms with Crippen LogP contribution in [0.5, 0.6) is 0 Å². The minimum atomic E-state index is -0.396. The monoisotopic (exact) mass is 224 g/mol. The first-order valence-corrected chi connectivity index (χ1v) is 5.41. The second-order valence-corrected chi connectivity index (χ2v) is 2.23. The highest BCUT2D eigenvalue weighted by Gasteiger charge is 2.02. The van der Waals surface area contributed by atoms with Crippen molar-refractivity contribution < 1.29 is 14.3 Å². The SMILES string of the molecule is CC.CC.COC(=O)c1ccc(C=O)cc1. The van der Waals surface area contributed by atoms with Crippen molar-refractivity contribution in [2.45, 2.75) is 27.7 Å². The van der Waals surface area contributed by atoms with E-state index in [0.29, 0.717) is 11.1 Å². The molecular formula is C13H20O3. The van der Waals surface area contributed by atoms with Gasteiger partial charge < -0.3 is 4.74 Å². The van der Waals surface area contributed by atoms with Crippen LogP contribution < -0.4 is 0 Å². The van der Waals surface area contributed by atoms with E-state index in [4.69, 9.17) is 0 Å². The Balaban J connectivity index is 0. The minimum absolute atomic E-state index is 0.396. The van der Waals surface area contributed by atoms with E-state index in [1.54, 1.807) is 24.3 Å². The molecule has 0 atom stereocenters. The van der Waals surface area contributed by atoms with Crippen LogP contribution in [0.4, 0.5) is 0 Å². The van der Waals surface area contributed by atoms with Gasteiger partial charge in [0.1, 0.15) is 6.29 Å². The molecule has 0 amide bonds. The fraction of sp³-hybridized carbons (Fsp3) is 0.385. The molecule has 90 valence electrons. The van der Waals surface area contributed by atoms with Crippen LogP contribution in [0.25, 0.3) is 0 Å². The van der Waals surface area contributed by atoms with Crippen LogP contribution in [-0.2, 0) is 4.74 Å². The molecule has 0 N–H and O–H groups in total. The number of hydrogen-bond acceptors (Lipinski definition) is 3. The molecule has 0 fully saturated rings. The van der Waals surface area contributed by atoms with Gasteiger partial charge in [-0.05, 0) is 12.1 Å². The van der Waals surface area contributed by atoms with Gasteiger partial charge in [-0.1, -0.05) is 39.8 Å². The predicted octanol–water partition coefficient (Wildman–Crippen LogP) is 3.34. The molecule has 0 aliphatic rings. The Hall–Kier alpha value is -1.64. The minimum Gasteiger partial charge on any atom is -0.465 e. The smallest absolute Gasteiger partial charge is 0.337 e. The van der Waals surface area contributed by atoms with Crippen molar-refractivity contribution in [1.82, 2.24) is 0 Å². The van der Waals surface area contributed by atoms with Gasteiger partial charge in [-0.25, -0.2) is 4.79 Å². The predicted molar refractivity (Wildman–Crippen MR) is 65.9 cm³/mol. The van der Waals surface area contributed by atoms with E-state index in [9.17, 15) is 9.59 Å². The normalized spacial score (nSPS) is 7.56. The van der Waals surface area contributed by atoms with Gasteiger partial charge in [-0.15, -0.1) is 0 Å². The molecule has 3 nitrogen and oxygen atoms in total. The zero-order valence-electron chi connectivity index (χ0n) is 10.6. The molecule has 0 aliphatic heterocycles. The van der Waals surface area contributed by atoms with Gasteiger partial charge in [0, 0.05) is 5.56 Å². The summed E-state index contributed by atoms with van der Waals surface area (Å²) in [5, 5.41) is 0. The summed E-state index contributed by atoms with van der Waals surface area (Å²) in [6.45, 7) is 8.00. The van der Waals surface area contributed by atoms with Gasteiger partial charge in [-0.2, -0.15) is 0 Å². The van der Waals surface area contributed by atoms with E-state index in [1.165, 1.54) is 7.11 Å². The number of esters is 1. The Morgan fingerprint density at radius 3 is 1.81 bits per heavy atom. The van der Waals surface area contributed by atoms with E-state index in [1.807, 2.05) is 27.7 Å². The molecule has 0 unspecified atom stereocenters. The number of carbonyl (C=O) groups excluding carboxylic acids is 2. The Labute approximate surface area is 97.4 Å². The maximum atomic E-state index is 10.9. The van der Waals surface area contributed by atoms with Gasteiger partial charge in [-0.3, -0.25) is 4.79 Å². The first-order valence-electron chi connectivity index (χ1n) is 5.41. The number of aldehydes is 1. The summed E-state index contributed by atoms with van der Waals surface area (Å²) in [6, 6.07) is 6.24. The zero-order valence-corrected chi connectivity index (χ0v) is 10.6. The highest BCUT2D eigenvalue weighted by Crippen LogP contribution is 2.03. The summed E-state index contributed by atoms with van der Waals surface area (Å²) in [4.78, 5) is 21.1. The molecule has 0 saturated carbocycles. The molecular weight excluding hydrogens is 204 g/mol. The van der Waals surface area contributed by atoms with E-state index >= 15 is 0 Å². The van der Waals surface area contributed by atoms with Crippen molar-refractivity contribution in [2.24, 2.45) is 0 Å². The van der Waals surface area contributed by atoms with Gasteiger partial charge in [0.2, 0.25) is 0 Å². The molecule has 0 radical (unpaired) electrons. The van der Waals surface area contributed by atoms with E-state index in [2.05, 4.69) is 4.74 Å². The number of hydrogen-bond donors (Lipinski definition) is 0. The first-order chi connectivity index (χ1) is 7.77. The number of benzene rings is 1. The summed E-state index contributed by atoms with van der Waals surface area (Å²) in [7, 11) is 1.32. The largest absolute Gasteiger partial charge is 0.465 e. The molecule has 0 aliphatic carbocycles. The lowest BCUT2D eigenvalue weighted by Crippen LogP contribution is -2.00. The van der Waals surface area contributed by atoms with Crippen LogP contribution in [0.15, 0.2) is 24.3 Å². The molecule has 1 rings (SSSR count). The van der Waals surface area contributed by atoms with Crippen molar-refractivity contribution >= 4 is 12.3 Å². The molecule has 0 saturated heterocycles. The van der Waals surface area contributed by atoms with Crippen molar-refractivity contribution in [3.63, 3.8) is 0 Å². The molecule has 1 aromatic carbocycles. The van der Waals surface area contributed by atoms with Crippen molar-refractivity contribution in [2.75, 3.05) is 7.11 Å². The molecule has 0 aromatic heterocycles. The third kappa shape index (κ3) is 5.96. The average Bonchev–Trinajstić information content (AvgIpc) is 2.42. The van der Waals surface area contributed by atoms with Crippen molar-refractivity contribution in [3.8, 4) is 0 Å². The number of rotatable bonds is 2. The van der Waals surface area contributed by atoms with E-state index < -0.39 is 5.97 Å². The second kappa shape index (κ2) is 11.4. The maximum Gasteiger partial charge on any atom is 0.337 e. The van der Waals surface area contributed by atoms with Crippen LogP contribution >= 0.6 is 0 Å². The molecule has 16 heavy (non-hydrogen) atoms.